The average molecular weight is 354 g/mol. The van der Waals surface area contributed by atoms with Crippen LogP contribution in [0.5, 0.6) is 11.5 Å². The first-order valence-electron chi connectivity index (χ1n) is 8.27. The SMILES string of the molecule is CCn1c(SCC(=O)c2ccc3c(c2)OCCO3)nc2ccccc21. The minimum atomic E-state index is 0.0525. The number of aryl methyl sites for hydroxylation is 1. The van der Waals surface area contributed by atoms with E-state index in [0.717, 1.165) is 22.7 Å². The Morgan fingerprint density at radius 2 is 1.96 bits per heavy atom. The van der Waals surface area contributed by atoms with Gasteiger partial charge in [-0.15, -0.1) is 0 Å². The Balaban J connectivity index is 1.52. The molecule has 0 atom stereocenters. The highest BCUT2D eigenvalue weighted by Crippen LogP contribution is 2.31. The number of ketones is 1. The van der Waals surface area contributed by atoms with Crippen molar-refractivity contribution in [2.75, 3.05) is 19.0 Å². The highest BCUT2D eigenvalue weighted by molar-refractivity contribution is 7.99. The number of benzene rings is 2. The van der Waals surface area contributed by atoms with E-state index in [1.165, 1.54) is 11.8 Å². The predicted molar refractivity (Wildman–Crippen MR) is 97.9 cm³/mol. The summed E-state index contributed by atoms with van der Waals surface area (Å²) in [6, 6.07) is 13.4. The molecule has 1 aromatic heterocycles. The van der Waals surface area contributed by atoms with Gasteiger partial charge in [0.2, 0.25) is 0 Å². The maximum atomic E-state index is 12.6. The number of fused-ring (bicyclic) bond motifs is 2. The van der Waals surface area contributed by atoms with E-state index in [4.69, 9.17) is 9.47 Å². The van der Waals surface area contributed by atoms with Crippen molar-refractivity contribution >= 4 is 28.6 Å². The van der Waals surface area contributed by atoms with E-state index in [0.29, 0.717) is 36.0 Å². The maximum Gasteiger partial charge on any atom is 0.173 e. The van der Waals surface area contributed by atoms with E-state index in [9.17, 15) is 4.79 Å². The quantitative estimate of drug-likeness (QED) is 0.515. The predicted octanol–water partition coefficient (Wildman–Crippen LogP) is 3.80. The largest absolute Gasteiger partial charge is 0.486 e. The lowest BCUT2D eigenvalue weighted by atomic mass is 10.1. The van der Waals surface area contributed by atoms with Crippen molar-refractivity contribution < 1.29 is 14.3 Å². The molecule has 0 bridgehead atoms. The van der Waals surface area contributed by atoms with E-state index in [-0.39, 0.29) is 5.78 Å². The smallest absolute Gasteiger partial charge is 0.173 e. The third-order valence-corrected chi connectivity index (χ3v) is 5.11. The van der Waals surface area contributed by atoms with E-state index in [2.05, 4.69) is 22.5 Å². The molecule has 128 valence electrons. The zero-order valence-electron chi connectivity index (χ0n) is 13.9. The van der Waals surface area contributed by atoms with Gasteiger partial charge < -0.3 is 14.0 Å². The summed E-state index contributed by atoms with van der Waals surface area (Å²) in [4.78, 5) is 17.2. The summed E-state index contributed by atoms with van der Waals surface area (Å²) in [6.07, 6.45) is 0. The van der Waals surface area contributed by atoms with Crippen LogP contribution in [0.1, 0.15) is 17.3 Å². The van der Waals surface area contributed by atoms with Crippen LogP contribution in [0.25, 0.3) is 11.0 Å². The molecular formula is C19H18N2O3S. The zero-order valence-corrected chi connectivity index (χ0v) is 14.7. The van der Waals surface area contributed by atoms with Gasteiger partial charge in [0, 0.05) is 12.1 Å². The van der Waals surface area contributed by atoms with Gasteiger partial charge in [0.1, 0.15) is 13.2 Å². The van der Waals surface area contributed by atoms with E-state index >= 15 is 0 Å². The summed E-state index contributed by atoms with van der Waals surface area (Å²) >= 11 is 1.47. The molecule has 0 unspecified atom stereocenters. The number of nitrogens with zero attached hydrogens (tertiary/aromatic N) is 2. The third-order valence-electron chi connectivity index (χ3n) is 4.13. The fraction of sp³-hybridized carbons (Fsp3) is 0.263. The lowest BCUT2D eigenvalue weighted by Gasteiger charge is -2.18. The maximum absolute atomic E-state index is 12.6. The number of para-hydroxylation sites is 2. The summed E-state index contributed by atoms with van der Waals surface area (Å²) < 4.78 is 13.2. The molecule has 0 radical (unpaired) electrons. The number of hydrogen-bond acceptors (Lipinski definition) is 5. The minimum absolute atomic E-state index is 0.0525. The Bertz CT molecular complexity index is 936. The lowest BCUT2D eigenvalue weighted by molar-refractivity contribution is 0.102. The van der Waals surface area contributed by atoms with Crippen LogP contribution in [-0.2, 0) is 6.54 Å². The van der Waals surface area contributed by atoms with E-state index in [1.807, 2.05) is 18.2 Å². The molecular weight excluding hydrogens is 336 g/mol. The van der Waals surface area contributed by atoms with Crippen molar-refractivity contribution in [3.8, 4) is 11.5 Å². The molecule has 0 fully saturated rings. The summed E-state index contributed by atoms with van der Waals surface area (Å²) in [5.74, 6) is 1.73. The second-order valence-corrected chi connectivity index (χ2v) is 6.64. The Kier molecular flexibility index (Phi) is 4.36. The molecule has 6 heteroatoms. The van der Waals surface area contributed by atoms with Gasteiger partial charge in [0.25, 0.3) is 0 Å². The third kappa shape index (κ3) is 3.09. The standard InChI is InChI=1S/C19H18N2O3S/c1-2-21-15-6-4-3-5-14(15)20-19(21)25-12-16(22)13-7-8-17-18(11-13)24-10-9-23-17/h3-8,11H,2,9-10,12H2,1H3. The van der Waals surface area contributed by atoms with E-state index < -0.39 is 0 Å². The highest BCUT2D eigenvalue weighted by atomic mass is 32.2. The number of aromatic nitrogens is 2. The molecule has 2 aromatic carbocycles. The normalized spacial score (nSPS) is 13.2. The number of ether oxygens (including phenoxy) is 2. The van der Waals surface area contributed by atoms with Crippen LogP contribution >= 0.6 is 11.8 Å². The van der Waals surface area contributed by atoms with Gasteiger partial charge in [-0.1, -0.05) is 23.9 Å². The average Bonchev–Trinajstić information content (AvgIpc) is 3.03. The van der Waals surface area contributed by atoms with Crippen LogP contribution in [0, 0.1) is 0 Å². The van der Waals surface area contributed by atoms with Crippen LogP contribution in [0.4, 0.5) is 0 Å². The van der Waals surface area contributed by atoms with Crippen LogP contribution in [0.15, 0.2) is 47.6 Å². The Hall–Kier alpha value is -2.47. The summed E-state index contributed by atoms with van der Waals surface area (Å²) in [5.41, 5.74) is 2.69. The van der Waals surface area contributed by atoms with Crippen LogP contribution in [-0.4, -0.2) is 34.3 Å². The van der Waals surface area contributed by atoms with Gasteiger partial charge in [-0.25, -0.2) is 4.98 Å². The summed E-state index contributed by atoms with van der Waals surface area (Å²) in [6.45, 7) is 3.96. The van der Waals surface area contributed by atoms with Crippen molar-refractivity contribution in [2.45, 2.75) is 18.6 Å². The van der Waals surface area contributed by atoms with E-state index in [1.54, 1.807) is 18.2 Å². The summed E-state index contributed by atoms with van der Waals surface area (Å²) in [5, 5.41) is 0.870. The first-order valence-corrected chi connectivity index (χ1v) is 9.25. The summed E-state index contributed by atoms with van der Waals surface area (Å²) in [7, 11) is 0. The van der Waals surface area contributed by atoms with Crippen molar-refractivity contribution in [3.05, 3.63) is 48.0 Å². The number of rotatable bonds is 5. The Labute approximate surface area is 150 Å². The molecule has 2 heterocycles. The minimum Gasteiger partial charge on any atom is -0.486 e. The van der Waals surface area contributed by atoms with Crippen molar-refractivity contribution in [3.63, 3.8) is 0 Å². The fourth-order valence-corrected chi connectivity index (χ4v) is 3.87. The number of carbonyl (C=O) groups excluding carboxylic acids is 1. The Morgan fingerprint density at radius 1 is 1.16 bits per heavy atom. The molecule has 0 saturated carbocycles. The van der Waals surface area contributed by atoms with Crippen molar-refractivity contribution in [2.24, 2.45) is 0 Å². The molecule has 0 spiro atoms. The molecule has 3 aromatic rings. The molecule has 0 aliphatic carbocycles. The number of thioether (sulfide) groups is 1. The molecule has 5 nitrogen and oxygen atoms in total. The monoisotopic (exact) mass is 354 g/mol. The lowest BCUT2D eigenvalue weighted by Crippen LogP contribution is -2.16. The first-order chi connectivity index (χ1) is 12.3. The Morgan fingerprint density at radius 3 is 2.80 bits per heavy atom. The van der Waals surface area contributed by atoms with Crippen molar-refractivity contribution in [1.82, 2.24) is 9.55 Å². The molecule has 25 heavy (non-hydrogen) atoms. The second kappa shape index (κ2) is 6.80. The van der Waals surface area contributed by atoms with Gasteiger partial charge >= 0.3 is 0 Å². The molecule has 0 saturated heterocycles. The van der Waals surface area contributed by atoms with Crippen LogP contribution < -0.4 is 9.47 Å². The van der Waals surface area contributed by atoms with Gasteiger partial charge in [-0.2, -0.15) is 0 Å². The van der Waals surface area contributed by atoms with Gasteiger partial charge in [0.15, 0.2) is 22.4 Å². The fourth-order valence-electron chi connectivity index (χ4n) is 2.90. The molecule has 1 aliphatic rings. The highest BCUT2D eigenvalue weighted by Gasteiger charge is 2.16. The molecule has 1 aliphatic heterocycles. The number of hydrogen-bond donors (Lipinski definition) is 0. The topological polar surface area (TPSA) is 53.4 Å². The van der Waals surface area contributed by atoms with Gasteiger partial charge in [0.05, 0.1) is 16.8 Å². The second-order valence-electron chi connectivity index (χ2n) is 5.70. The number of imidazole rings is 1. The number of Topliss-reactive ketones (excluding diaryl/α,β-unsaturated/α-hetero) is 1. The van der Waals surface area contributed by atoms with Gasteiger partial charge in [-0.3, -0.25) is 4.79 Å². The molecule has 0 amide bonds. The zero-order chi connectivity index (χ0) is 17.2. The van der Waals surface area contributed by atoms with Crippen LogP contribution in [0.3, 0.4) is 0 Å². The van der Waals surface area contributed by atoms with Crippen LogP contribution in [0.2, 0.25) is 0 Å². The van der Waals surface area contributed by atoms with Gasteiger partial charge in [-0.05, 0) is 37.3 Å². The molecule has 0 N–H and O–H groups in total. The molecule has 4 rings (SSSR count). The van der Waals surface area contributed by atoms with Crippen molar-refractivity contribution in [1.29, 1.82) is 0 Å². The first kappa shape index (κ1) is 16.0. The number of carbonyl (C=O) groups is 1.